The predicted molar refractivity (Wildman–Crippen MR) is 112 cm³/mol. The number of aryl methyl sites for hydroxylation is 3. The lowest BCUT2D eigenvalue weighted by atomic mass is 9.93. The molecule has 1 aromatic heterocycles. The number of benzene rings is 1. The van der Waals surface area contributed by atoms with Crippen molar-refractivity contribution in [1.82, 2.24) is 14.5 Å². The monoisotopic (exact) mass is 444 g/mol. The van der Waals surface area contributed by atoms with Crippen LogP contribution in [0.15, 0.2) is 17.2 Å². The molecule has 3 amide bonds. The summed E-state index contributed by atoms with van der Waals surface area (Å²) in [5, 5.41) is 6.91. The molecule has 2 aromatic rings. The Labute approximate surface area is 179 Å². The SMILES string of the molecule is N=S(=O)(NC(=O)Nc1c2c(cc3c1C(C(N)=O)CC3)CCC2)c1cnn2c1OCCC2. The Morgan fingerprint density at radius 1 is 1.26 bits per heavy atom. The van der Waals surface area contributed by atoms with Gasteiger partial charge in [-0.3, -0.25) is 4.79 Å². The highest BCUT2D eigenvalue weighted by Crippen LogP contribution is 2.44. The first kappa shape index (κ1) is 19.9. The molecule has 10 nitrogen and oxygen atoms in total. The topological polar surface area (TPSA) is 152 Å². The molecule has 1 aliphatic heterocycles. The minimum absolute atomic E-state index is 0.0425. The van der Waals surface area contributed by atoms with E-state index < -0.39 is 27.8 Å². The number of nitrogens with two attached hydrogens (primary N) is 1. The van der Waals surface area contributed by atoms with Gasteiger partial charge in [-0.25, -0.2) is 23.2 Å². The van der Waals surface area contributed by atoms with E-state index in [0.717, 1.165) is 54.4 Å². The maximum absolute atomic E-state index is 13.0. The summed E-state index contributed by atoms with van der Waals surface area (Å²) >= 11 is 0. The third kappa shape index (κ3) is 3.32. The van der Waals surface area contributed by atoms with Crippen LogP contribution in [0, 0.1) is 4.78 Å². The number of carbonyl (C=O) groups excluding carboxylic acids is 2. The maximum atomic E-state index is 13.0. The van der Waals surface area contributed by atoms with Crippen LogP contribution in [0.1, 0.15) is 47.4 Å². The highest BCUT2D eigenvalue weighted by atomic mass is 32.2. The van der Waals surface area contributed by atoms with Gasteiger partial charge in [-0.05, 0) is 54.4 Å². The maximum Gasteiger partial charge on any atom is 0.331 e. The number of aromatic nitrogens is 2. The number of primary amides is 1. The molecule has 2 aliphatic carbocycles. The molecule has 3 aliphatic rings. The molecule has 0 saturated heterocycles. The number of nitrogens with one attached hydrogen (secondary N) is 3. The van der Waals surface area contributed by atoms with Crippen LogP contribution in [0.25, 0.3) is 0 Å². The molecule has 1 aromatic carbocycles. The molecule has 5 N–H and O–H groups in total. The number of hydrogen-bond donors (Lipinski definition) is 4. The van der Waals surface area contributed by atoms with E-state index in [9.17, 15) is 13.8 Å². The summed E-state index contributed by atoms with van der Waals surface area (Å²) in [4.78, 5) is 24.9. The van der Waals surface area contributed by atoms with Crippen LogP contribution in [-0.4, -0.2) is 32.5 Å². The number of urea groups is 1. The van der Waals surface area contributed by atoms with Gasteiger partial charge in [0, 0.05) is 13.0 Å². The first-order valence-electron chi connectivity index (χ1n) is 10.4. The number of anilines is 1. The highest BCUT2D eigenvalue weighted by Gasteiger charge is 2.34. The lowest BCUT2D eigenvalue weighted by Gasteiger charge is -2.20. The Balaban J connectivity index is 1.45. The normalized spacial score (nSPS) is 20.7. The fourth-order valence-electron chi connectivity index (χ4n) is 4.87. The zero-order valence-electron chi connectivity index (χ0n) is 16.9. The van der Waals surface area contributed by atoms with Crippen LogP contribution < -0.4 is 20.5 Å². The second-order valence-electron chi connectivity index (χ2n) is 8.16. The van der Waals surface area contributed by atoms with Gasteiger partial charge in [0.1, 0.15) is 4.90 Å². The summed E-state index contributed by atoms with van der Waals surface area (Å²) in [6.07, 6.45) is 6.06. The van der Waals surface area contributed by atoms with Crippen molar-refractivity contribution >= 4 is 27.5 Å². The number of fused-ring (bicyclic) bond motifs is 3. The molecule has 2 atom stereocenters. The van der Waals surface area contributed by atoms with Gasteiger partial charge in [-0.1, -0.05) is 6.07 Å². The van der Waals surface area contributed by atoms with Crippen molar-refractivity contribution in [2.24, 2.45) is 5.73 Å². The van der Waals surface area contributed by atoms with Crippen molar-refractivity contribution in [2.75, 3.05) is 11.9 Å². The van der Waals surface area contributed by atoms with E-state index in [1.807, 2.05) is 0 Å². The smallest absolute Gasteiger partial charge is 0.331 e. The third-order valence-corrected chi connectivity index (χ3v) is 7.59. The molecule has 0 spiro atoms. The Morgan fingerprint density at radius 3 is 2.90 bits per heavy atom. The van der Waals surface area contributed by atoms with Crippen LogP contribution in [0.3, 0.4) is 0 Å². The third-order valence-electron chi connectivity index (χ3n) is 6.22. The van der Waals surface area contributed by atoms with E-state index in [2.05, 4.69) is 21.2 Å². The average Bonchev–Trinajstić information content (AvgIpc) is 3.44. The fourth-order valence-corrected chi connectivity index (χ4v) is 5.89. The van der Waals surface area contributed by atoms with E-state index in [-0.39, 0.29) is 10.8 Å². The van der Waals surface area contributed by atoms with E-state index in [0.29, 0.717) is 25.3 Å². The Morgan fingerprint density at radius 2 is 2.10 bits per heavy atom. The van der Waals surface area contributed by atoms with Crippen LogP contribution in [0.4, 0.5) is 10.5 Å². The van der Waals surface area contributed by atoms with Crippen LogP contribution in [0.2, 0.25) is 0 Å². The van der Waals surface area contributed by atoms with Gasteiger partial charge in [0.2, 0.25) is 11.8 Å². The largest absolute Gasteiger partial charge is 0.477 e. The quantitative estimate of drug-likeness (QED) is 0.567. The summed E-state index contributed by atoms with van der Waals surface area (Å²) in [6, 6.07) is 1.35. The van der Waals surface area contributed by atoms with Gasteiger partial charge >= 0.3 is 6.03 Å². The zero-order chi connectivity index (χ0) is 21.8. The summed E-state index contributed by atoms with van der Waals surface area (Å²) in [6.45, 7) is 1.05. The Hall–Kier alpha value is -3.08. The van der Waals surface area contributed by atoms with Crippen LogP contribution >= 0.6 is 0 Å². The van der Waals surface area contributed by atoms with Crippen molar-refractivity contribution < 1.29 is 18.5 Å². The van der Waals surface area contributed by atoms with Gasteiger partial charge in [0.15, 0.2) is 9.92 Å². The van der Waals surface area contributed by atoms with E-state index in [4.69, 9.17) is 15.3 Å². The molecule has 11 heteroatoms. The van der Waals surface area contributed by atoms with Crippen molar-refractivity contribution in [2.45, 2.75) is 55.9 Å². The molecular weight excluding hydrogens is 420 g/mol. The fraction of sp³-hybridized carbons (Fsp3) is 0.450. The predicted octanol–water partition coefficient (Wildman–Crippen LogP) is 1.81. The van der Waals surface area contributed by atoms with Crippen molar-refractivity contribution in [3.8, 4) is 5.88 Å². The Bertz CT molecular complexity index is 1200. The molecular formula is C20H24N6O4S. The van der Waals surface area contributed by atoms with Gasteiger partial charge < -0.3 is 15.8 Å². The second kappa shape index (κ2) is 7.26. The van der Waals surface area contributed by atoms with Crippen LogP contribution in [0.5, 0.6) is 5.88 Å². The average molecular weight is 445 g/mol. The zero-order valence-corrected chi connectivity index (χ0v) is 17.7. The molecule has 164 valence electrons. The number of hydrogen-bond acceptors (Lipinski definition) is 6. The lowest BCUT2D eigenvalue weighted by molar-refractivity contribution is -0.119. The molecule has 0 fully saturated rings. The van der Waals surface area contributed by atoms with Gasteiger partial charge in [0.05, 0.1) is 24.4 Å². The number of carbonyl (C=O) groups is 2. The number of nitrogens with zero attached hydrogens (tertiary/aromatic N) is 2. The highest BCUT2D eigenvalue weighted by molar-refractivity contribution is 7.91. The van der Waals surface area contributed by atoms with Crippen molar-refractivity contribution in [3.05, 3.63) is 34.5 Å². The standard InChI is InChI=1S/C20H24N6O4S/c21-18(27)14-6-5-12-9-11-3-1-4-13(11)17(16(12)14)24-20(28)25-31(22,29)15-10-23-26-7-2-8-30-19(15)26/h9-10,14H,1-8H2,(H2,21,27)(H3,22,24,25,28,29). The molecule has 31 heavy (non-hydrogen) atoms. The molecule has 2 heterocycles. The number of ether oxygens (including phenoxy) is 1. The van der Waals surface area contributed by atoms with E-state index in [1.54, 1.807) is 4.68 Å². The van der Waals surface area contributed by atoms with Crippen molar-refractivity contribution in [3.63, 3.8) is 0 Å². The van der Waals surface area contributed by atoms with Crippen LogP contribution in [-0.2, 0) is 40.5 Å². The first-order valence-corrected chi connectivity index (χ1v) is 11.9. The molecule has 0 saturated carbocycles. The van der Waals surface area contributed by atoms with E-state index in [1.165, 1.54) is 6.20 Å². The van der Waals surface area contributed by atoms with E-state index >= 15 is 0 Å². The lowest BCUT2D eigenvalue weighted by Crippen LogP contribution is -2.35. The van der Waals surface area contributed by atoms with Gasteiger partial charge in [0.25, 0.3) is 0 Å². The van der Waals surface area contributed by atoms with Gasteiger partial charge in [-0.15, -0.1) is 0 Å². The van der Waals surface area contributed by atoms with Crippen molar-refractivity contribution in [1.29, 1.82) is 4.78 Å². The van der Waals surface area contributed by atoms with Gasteiger partial charge in [-0.2, -0.15) is 5.10 Å². The molecule has 5 rings (SSSR count). The summed E-state index contributed by atoms with van der Waals surface area (Å²) in [7, 11) is -3.70. The Kier molecular flexibility index (Phi) is 4.65. The first-order chi connectivity index (χ1) is 14.8. The number of rotatable bonds is 4. The second-order valence-corrected chi connectivity index (χ2v) is 9.92. The molecule has 0 bridgehead atoms. The minimum atomic E-state index is -3.70. The number of amides is 3. The summed E-state index contributed by atoms with van der Waals surface area (Å²) in [5.74, 6) is -0.636. The summed E-state index contributed by atoms with van der Waals surface area (Å²) in [5.41, 5.74) is 10.1. The molecule has 2 unspecified atom stereocenters. The minimum Gasteiger partial charge on any atom is -0.477 e. The summed E-state index contributed by atoms with van der Waals surface area (Å²) < 4.78 is 30.7. The molecule has 0 radical (unpaired) electrons.